The zero-order valence-electron chi connectivity index (χ0n) is 44.3. The molecule has 0 unspecified atom stereocenters. The Kier molecular flexibility index (Phi) is 53.7. The van der Waals surface area contributed by atoms with Crippen LogP contribution in [0, 0.1) is 0 Å². The zero-order valence-corrected chi connectivity index (χ0v) is 45.9. The van der Waals surface area contributed by atoms with Crippen molar-refractivity contribution in [3.8, 4) is 0 Å². The highest BCUT2D eigenvalue weighted by molar-refractivity contribution is 8.00. The Morgan fingerprint density at radius 1 is 0.219 bits per heavy atom. The maximum absolute atomic E-state index is 2.45. The summed E-state index contributed by atoms with van der Waals surface area (Å²) in [6.45, 7) is 4.63. The molecule has 1 aromatic rings. The van der Waals surface area contributed by atoms with Gasteiger partial charge in [-0.2, -0.15) is 0 Å². The van der Waals surface area contributed by atoms with Gasteiger partial charge in [-0.05, 0) is 42.5 Å². The second kappa shape index (κ2) is 55.5. The first kappa shape index (κ1) is 61.9. The largest absolute Gasteiger partial charge is 0.126 e. The lowest BCUT2D eigenvalue weighted by Crippen LogP contribution is -1.86. The highest BCUT2D eigenvalue weighted by atomic mass is 32.2. The van der Waals surface area contributed by atoms with Crippen LogP contribution in [0.4, 0.5) is 0 Å². The van der Waals surface area contributed by atoms with E-state index in [0.29, 0.717) is 0 Å². The molecule has 0 saturated carbocycles. The minimum Gasteiger partial charge on any atom is -0.126 e. The summed E-state index contributed by atoms with van der Waals surface area (Å²) in [6.07, 6.45) is 76.3. The Hall–Kier alpha value is -0.0800. The lowest BCUT2D eigenvalue weighted by atomic mass is 10.0. The van der Waals surface area contributed by atoms with E-state index in [1.165, 1.54) is 355 Å². The van der Waals surface area contributed by atoms with Crippen molar-refractivity contribution < 1.29 is 0 Å². The van der Waals surface area contributed by atoms with Gasteiger partial charge in [0, 0.05) is 9.79 Å². The molecule has 378 valence electrons. The molecule has 0 aliphatic rings. The van der Waals surface area contributed by atoms with E-state index < -0.39 is 0 Å². The van der Waals surface area contributed by atoms with E-state index in [0.717, 1.165) is 0 Å². The summed E-state index contributed by atoms with van der Waals surface area (Å²) in [7, 11) is 0. The number of benzene rings is 1. The van der Waals surface area contributed by atoms with Gasteiger partial charge in [0.15, 0.2) is 0 Å². The molecule has 0 bridgehead atoms. The SMILES string of the molecule is CCCCCCCCCCCCCCCCCCCCCCCCCCCCSc1cccc(SCCCCCCCCCCCCCCCCCCCCCCCCCCCC)c1. The molecular formula is C62H118S2. The summed E-state index contributed by atoms with van der Waals surface area (Å²) >= 11 is 4.17. The van der Waals surface area contributed by atoms with Crippen LogP contribution in [0.5, 0.6) is 0 Å². The van der Waals surface area contributed by atoms with E-state index in [-0.39, 0.29) is 0 Å². The fourth-order valence-corrected chi connectivity index (χ4v) is 11.9. The molecule has 64 heavy (non-hydrogen) atoms. The molecule has 0 radical (unpaired) electrons. The average Bonchev–Trinajstić information content (AvgIpc) is 3.31. The monoisotopic (exact) mass is 927 g/mol. The van der Waals surface area contributed by atoms with Crippen molar-refractivity contribution in [2.24, 2.45) is 0 Å². The van der Waals surface area contributed by atoms with Gasteiger partial charge in [-0.25, -0.2) is 0 Å². The molecule has 0 N–H and O–H groups in total. The van der Waals surface area contributed by atoms with Crippen molar-refractivity contribution >= 4 is 23.5 Å². The lowest BCUT2D eigenvalue weighted by molar-refractivity contribution is 0.516. The van der Waals surface area contributed by atoms with Gasteiger partial charge in [0.2, 0.25) is 0 Å². The highest BCUT2D eigenvalue weighted by Crippen LogP contribution is 2.27. The summed E-state index contributed by atoms with van der Waals surface area (Å²) in [6, 6.07) is 9.40. The molecule has 0 atom stereocenters. The summed E-state index contributed by atoms with van der Waals surface area (Å²) < 4.78 is 0. The highest BCUT2D eigenvalue weighted by Gasteiger charge is 2.02. The molecule has 1 aromatic carbocycles. The van der Waals surface area contributed by atoms with Crippen LogP contribution in [-0.2, 0) is 0 Å². The molecule has 0 amide bonds. The number of rotatable bonds is 56. The second-order valence-corrected chi connectivity index (χ2v) is 23.2. The minimum atomic E-state index is 1.28. The third-order valence-electron chi connectivity index (χ3n) is 14.3. The zero-order chi connectivity index (χ0) is 45.6. The van der Waals surface area contributed by atoms with Crippen molar-refractivity contribution in [2.45, 2.75) is 358 Å². The molecule has 1 rings (SSSR count). The van der Waals surface area contributed by atoms with Crippen LogP contribution in [0.2, 0.25) is 0 Å². The molecule has 0 spiro atoms. The van der Waals surface area contributed by atoms with Crippen LogP contribution in [-0.4, -0.2) is 11.5 Å². The van der Waals surface area contributed by atoms with E-state index >= 15 is 0 Å². The Morgan fingerprint density at radius 3 is 0.547 bits per heavy atom. The maximum atomic E-state index is 2.45. The van der Waals surface area contributed by atoms with Crippen LogP contribution >= 0.6 is 23.5 Å². The fourth-order valence-electron chi connectivity index (χ4n) is 9.87. The predicted octanol–water partition coefficient (Wildman–Crippen LogP) is 24.2. The number of hydrogen-bond acceptors (Lipinski definition) is 2. The van der Waals surface area contributed by atoms with Gasteiger partial charge in [0.25, 0.3) is 0 Å². The Balaban J connectivity index is 1.74. The van der Waals surface area contributed by atoms with Crippen molar-refractivity contribution in [3.05, 3.63) is 24.3 Å². The van der Waals surface area contributed by atoms with Gasteiger partial charge in [0.1, 0.15) is 0 Å². The normalized spacial score (nSPS) is 11.7. The summed E-state index contributed by atoms with van der Waals surface area (Å²) in [5, 5.41) is 0. The van der Waals surface area contributed by atoms with Crippen LogP contribution in [0.3, 0.4) is 0 Å². The Morgan fingerprint density at radius 2 is 0.375 bits per heavy atom. The molecule has 0 aliphatic carbocycles. The molecule has 0 nitrogen and oxygen atoms in total. The van der Waals surface area contributed by atoms with Crippen LogP contribution in [0.15, 0.2) is 34.1 Å². The number of unbranched alkanes of at least 4 members (excludes halogenated alkanes) is 50. The first-order chi connectivity index (χ1) is 31.9. The standard InChI is InChI=1S/C62H118S2/c1-3-5-7-9-11-13-15-17-19-21-23-25-27-29-31-33-35-37-39-41-43-45-47-49-51-53-58-63-61-56-55-57-62(60-61)64-59-54-52-50-48-46-44-42-40-38-36-34-32-30-28-26-24-22-20-18-16-14-12-10-8-6-4-2/h55-57,60H,3-54,58-59H2,1-2H3. The van der Waals surface area contributed by atoms with E-state index in [1.807, 2.05) is 0 Å². The fraction of sp³-hybridized carbons (Fsp3) is 0.903. The van der Waals surface area contributed by atoms with E-state index in [1.54, 1.807) is 0 Å². The molecule has 0 fully saturated rings. The smallest absolute Gasteiger partial charge is 0.00830 e. The van der Waals surface area contributed by atoms with E-state index in [9.17, 15) is 0 Å². The average molecular weight is 928 g/mol. The molecular weight excluding hydrogens is 809 g/mol. The quantitative estimate of drug-likeness (QED) is 0.0472. The van der Waals surface area contributed by atoms with Crippen molar-refractivity contribution in [1.29, 1.82) is 0 Å². The topological polar surface area (TPSA) is 0 Å². The van der Waals surface area contributed by atoms with Gasteiger partial charge < -0.3 is 0 Å². The van der Waals surface area contributed by atoms with Gasteiger partial charge in [0.05, 0.1) is 0 Å². The van der Waals surface area contributed by atoms with E-state index in [4.69, 9.17) is 0 Å². The molecule has 2 heteroatoms. The third kappa shape index (κ3) is 49.8. The lowest BCUT2D eigenvalue weighted by Gasteiger charge is -2.06. The molecule has 0 aliphatic heterocycles. The second-order valence-electron chi connectivity index (χ2n) is 20.8. The third-order valence-corrected chi connectivity index (χ3v) is 16.5. The van der Waals surface area contributed by atoms with Crippen molar-refractivity contribution in [2.75, 3.05) is 11.5 Å². The Labute approximate surface area is 414 Å². The van der Waals surface area contributed by atoms with Gasteiger partial charge in [-0.1, -0.05) is 341 Å². The predicted molar refractivity (Wildman–Crippen MR) is 299 cm³/mol. The molecule has 0 heterocycles. The molecule has 0 aromatic heterocycles. The molecule has 0 saturated heterocycles. The number of hydrogen-bond donors (Lipinski definition) is 0. The minimum absolute atomic E-state index is 1.28. The van der Waals surface area contributed by atoms with Crippen molar-refractivity contribution in [3.63, 3.8) is 0 Å². The van der Waals surface area contributed by atoms with Crippen LogP contribution in [0.1, 0.15) is 348 Å². The summed E-state index contributed by atoms with van der Waals surface area (Å²) in [5.41, 5.74) is 0. The van der Waals surface area contributed by atoms with Gasteiger partial charge in [-0.3, -0.25) is 0 Å². The number of thioether (sulfide) groups is 2. The summed E-state index contributed by atoms with van der Waals surface area (Å²) in [5.74, 6) is 2.57. The maximum Gasteiger partial charge on any atom is 0.00830 e. The Bertz CT molecular complexity index is 900. The summed E-state index contributed by atoms with van der Waals surface area (Å²) in [4.78, 5) is 2.96. The van der Waals surface area contributed by atoms with Gasteiger partial charge >= 0.3 is 0 Å². The van der Waals surface area contributed by atoms with Crippen LogP contribution < -0.4 is 0 Å². The van der Waals surface area contributed by atoms with E-state index in [2.05, 4.69) is 61.6 Å². The van der Waals surface area contributed by atoms with Crippen LogP contribution in [0.25, 0.3) is 0 Å². The van der Waals surface area contributed by atoms with Gasteiger partial charge in [-0.15, -0.1) is 23.5 Å². The van der Waals surface area contributed by atoms with Crippen molar-refractivity contribution in [1.82, 2.24) is 0 Å². The first-order valence-corrected chi connectivity index (χ1v) is 32.2. The first-order valence-electron chi connectivity index (χ1n) is 30.2.